The fraction of sp³-hybridized carbons (Fsp3) is 0.533. The summed E-state index contributed by atoms with van der Waals surface area (Å²) >= 11 is 0. The number of ether oxygens (including phenoxy) is 2. The van der Waals surface area contributed by atoms with Crippen LogP contribution in [0.3, 0.4) is 0 Å². The zero-order valence-corrected chi connectivity index (χ0v) is 11.5. The van der Waals surface area contributed by atoms with E-state index in [0.717, 1.165) is 17.9 Å². The topological polar surface area (TPSA) is 47.6 Å². The van der Waals surface area contributed by atoms with Gasteiger partial charge < -0.3 is 14.8 Å². The second-order valence-corrected chi connectivity index (χ2v) is 4.81. The third-order valence-corrected chi connectivity index (χ3v) is 3.26. The summed E-state index contributed by atoms with van der Waals surface area (Å²) in [5.41, 5.74) is 0.887. The average Bonchev–Trinajstić information content (AvgIpc) is 3.24. The minimum Gasteiger partial charge on any atom is -0.497 e. The van der Waals surface area contributed by atoms with Crippen LogP contribution in [-0.2, 0) is 9.53 Å². The lowest BCUT2D eigenvalue weighted by Crippen LogP contribution is -2.31. The van der Waals surface area contributed by atoms with Gasteiger partial charge in [-0.15, -0.1) is 0 Å². The van der Waals surface area contributed by atoms with Crippen LogP contribution in [0.1, 0.15) is 31.4 Å². The molecule has 1 N–H and O–H groups in total. The Morgan fingerprint density at radius 2 is 2.26 bits per heavy atom. The monoisotopic (exact) mass is 263 g/mol. The molecule has 1 aliphatic rings. The van der Waals surface area contributed by atoms with E-state index in [1.54, 1.807) is 7.11 Å². The van der Waals surface area contributed by atoms with Crippen LogP contribution in [0.5, 0.6) is 5.75 Å². The lowest BCUT2D eigenvalue weighted by Gasteiger charge is -2.18. The molecule has 1 unspecified atom stereocenters. The summed E-state index contributed by atoms with van der Waals surface area (Å²) in [5.74, 6) is 1.24. The Bertz CT molecular complexity index is 429. The molecule has 0 amide bonds. The molecule has 1 atom stereocenters. The Hall–Kier alpha value is -1.55. The van der Waals surface area contributed by atoms with Gasteiger partial charge in [-0.1, -0.05) is 12.1 Å². The highest BCUT2D eigenvalue weighted by molar-refractivity contribution is 5.77. The largest absolute Gasteiger partial charge is 0.497 e. The minimum atomic E-state index is -0.407. The molecule has 0 saturated heterocycles. The molecular weight excluding hydrogens is 242 g/mol. The van der Waals surface area contributed by atoms with E-state index in [1.807, 2.05) is 31.2 Å². The van der Waals surface area contributed by atoms with Gasteiger partial charge in [0.2, 0.25) is 0 Å². The molecule has 104 valence electrons. The minimum absolute atomic E-state index is 0.226. The molecule has 4 nitrogen and oxygen atoms in total. The summed E-state index contributed by atoms with van der Waals surface area (Å²) in [5, 5.41) is 3.30. The van der Waals surface area contributed by atoms with Crippen molar-refractivity contribution >= 4 is 5.97 Å². The lowest BCUT2D eigenvalue weighted by molar-refractivity contribution is -0.145. The highest BCUT2D eigenvalue weighted by atomic mass is 16.5. The molecule has 0 spiro atoms. The number of hydrogen-bond acceptors (Lipinski definition) is 4. The van der Waals surface area contributed by atoms with Crippen molar-refractivity contribution in [2.45, 2.75) is 25.8 Å². The molecular formula is C15H21NO3. The second kappa shape index (κ2) is 6.57. The Balaban J connectivity index is 2.10. The van der Waals surface area contributed by atoms with Gasteiger partial charge in [0, 0.05) is 0 Å². The van der Waals surface area contributed by atoms with E-state index in [4.69, 9.17) is 9.47 Å². The van der Waals surface area contributed by atoms with Gasteiger partial charge in [0.25, 0.3) is 0 Å². The highest BCUT2D eigenvalue weighted by Crippen LogP contribution is 2.29. The first kappa shape index (κ1) is 13.9. The van der Waals surface area contributed by atoms with Crippen molar-refractivity contribution in [2.75, 3.05) is 20.3 Å². The van der Waals surface area contributed by atoms with E-state index in [0.29, 0.717) is 12.5 Å². The van der Waals surface area contributed by atoms with Gasteiger partial charge in [0.1, 0.15) is 11.8 Å². The molecule has 0 aliphatic heterocycles. The number of hydrogen-bond donors (Lipinski definition) is 1. The van der Waals surface area contributed by atoms with Crippen LogP contribution in [0.25, 0.3) is 0 Å². The first-order valence-corrected chi connectivity index (χ1v) is 6.78. The van der Waals surface area contributed by atoms with Crippen molar-refractivity contribution in [1.82, 2.24) is 5.32 Å². The summed E-state index contributed by atoms with van der Waals surface area (Å²) in [6.07, 6.45) is 2.50. The third-order valence-electron chi connectivity index (χ3n) is 3.26. The van der Waals surface area contributed by atoms with Crippen molar-refractivity contribution in [2.24, 2.45) is 5.92 Å². The first-order valence-electron chi connectivity index (χ1n) is 6.78. The summed E-state index contributed by atoms with van der Waals surface area (Å²) in [6, 6.07) is 7.15. The molecule has 0 heterocycles. The average molecular weight is 263 g/mol. The number of benzene rings is 1. The van der Waals surface area contributed by atoms with Gasteiger partial charge in [-0.2, -0.15) is 0 Å². The maximum Gasteiger partial charge on any atom is 0.327 e. The van der Waals surface area contributed by atoms with Gasteiger partial charge in [0.05, 0.1) is 13.7 Å². The molecule has 1 aromatic carbocycles. The van der Waals surface area contributed by atoms with Crippen LogP contribution >= 0.6 is 0 Å². The quantitative estimate of drug-likeness (QED) is 0.767. The molecule has 0 bridgehead atoms. The molecule has 2 rings (SSSR count). The molecule has 4 heteroatoms. The van der Waals surface area contributed by atoms with Crippen LogP contribution in [-0.4, -0.2) is 26.2 Å². The van der Waals surface area contributed by atoms with Crippen molar-refractivity contribution in [3.8, 4) is 5.75 Å². The van der Waals surface area contributed by atoms with Crippen LogP contribution in [0.2, 0.25) is 0 Å². The standard InChI is InChI=1S/C15H21NO3/c1-3-19-15(17)14(16-10-11-7-8-11)12-5-4-6-13(9-12)18-2/h4-6,9,11,14,16H,3,7-8,10H2,1-2H3. The maximum atomic E-state index is 12.1. The van der Waals surface area contributed by atoms with Gasteiger partial charge in [-0.25, -0.2) is 4.79 Å². The van der Waals surface area contributed by atoms with Gasteiger partial charge in [-0.05, 0) is 49.9 Å². The molecule has 1 aliphatic carbocycles. The molecule has 0 radical (unpaired) electrons. The molecule has 1 saturated carbocycles. The number of nitrogens with one attached hydrogen (secondary N) is 1. The molecule has 0 aromatic heterocycles. The van der Waals surface area contributed by atoms with Crippen molar-refractivity contribution in [1.29, 1.82) is 0 Å². The lowest BCUT2D eigenvalue weighted by atomic mass is 10.1. The normalized spacial score (nSPS) is 15.9. The zero-order chi connectivity index (χ0) is 13.7. The van der Waals surface area contributed by atoms with E-state index in [-0.39, 0.29) is 5.97 Å². The number of methoxy groups -OCH3 is 1. The van der Waals surface area contributed by atoms with E-state index in [2.05, 4.69) is 5.32 Å². The first-order chi connectivity index (χ1) is 9.24. The molecule has 1 fully saturated rings. The summed E-state index contributed by atoms with van der Waals surface area (Å²) in [7, 11) is 1.62. The number of rotatable bonds is 7. The fourth-order valence-electron chi connectivity index (χ4n) is 1.99. The van der Waals surface area contributed by atoms with Crippen molar-refractivity contribution < 1.29 is 14.3 Å². The number of carbonyl (C=O) groups excluding carboxylic acids is 1. The summed E-state index contributed by atoms with van der Waals surface area (Å²) in [4.78, 5) is 12.1. The van der Waals surface area contributed by atoms with Crippen LogP contribution < -0.4 is 10.1 Å². The summed E-state index contributed by atoms with van der Waals surface area (Å²) in [6.45, 7) is 3.08. The SMILES string of the molecule is CCOC(=O)C(NCC1CC1)c1cccc(OC)c1. The number of esters is 1. The van der Waals surface area contributed by atoms with E-state index in [9.17, 15) is 4.79 Å². The zero-order valence-electron chi connectivity index (χ0n) is 11.5. The smallest absolute Gasteiger partial charge is 0.327 e. The highest BCUT2D eigenvalue weighted by Gasteiger charge is 2.26. The molecule has 19 heavy (non-hydrogen) atoms. The van der Waals surface area contributed by atoms with Crippen LogP contribution in [0, 0.1) is 5.92 Å². The van der Waals surface area contributed by atoms with Crippen molar-refractivity contribution in [3.05, 3.63) is 29.8 Å². The maximum absolute atomic E-state index is 12.1. The second-order valence-electron chi connectivity index (χ2n) is 4.81. The van der Waals surface area contributed by atoms with Gasteiger partial charge in [-0.3, -0.25) is 0 Å². The Morgan fingerprint density at radius 1 is 1.47 bits per heavy atom. The predicted molar refractivity (Wildman–Crippen MR) is 73.1 cm³/mol. The van der Waals surface area contributed by atoms with Gasteiger partial charge >= 0.3 is 5.97 Å². The van der Waals surface area contributed by atoms with Gasteiger partial charge in [0.15, 0.2) is 0 Å². The van der Waals surface area contributed by atoms with E-state index in [1.165, 1.54) is 12.8 Å². The van der Waals surface area contributed by atoms with E-state index >= 15 is 0 Å². The Morgan fingerprint density at radius 3 is 2.89 bits per heavy atom. The van der Waals surface area contributed by atoms with Crippen LogP contribution in [0.4, 0.5) is 0 Å². The van der Waals surface area contributed by atoms with E-state index < -0.39 is 6.04 Å². The Kier molecular flexibility index (Phi) is 4.80. The number of carbonyl (C=O) groups is 1. The Labute approximate surface area is 114 Å². The van der Waals surface area contributed by atoms with Crippen molar-refractivity contribution in [3.63, 3.8) is 0 Å². The fourth-order valence-corrected chi connectivity index (χ4v) is 1.99. The van der Waals surface area contributed by atoms with Crippen LogP contribution in [0.15, 0.2) is 24.3 Å². The third kappa shape index (κ3) is 3.96. The predicted octanol–water partition coefficient (Wildman–Crippen LogP) is 2.30. The molecule has 1 aromatic rings. The summed E-state index contributed by atoms with van der Waals surface area (Å²) < 4.78 is 10.3.